The van der Waals surface area contributed by atoms with E-state index in [0.29, 0.717) is 18.1 Å². The van der Waals surface area contributed by atoms with Crippen LogP contribution in [0.5, 0.6) is 0 Å². The van der Waals surface area contributed by atoms with E-state index in [4.69, 9.17) is 0 Å². The zero-order chi connectivity index (χ0) is 13.8. The average Bonchev–Trinajstić information content (AvgIpc) is 2.69. The van der Waals surface area contributed by atoms with Gasteiger partial charge in [0.05, 0.1) is 6.61 Å². The summed E-state index contributed by atoms with van der Waals surface area (Å²) in [7, 11) is 0. The number of rotatable bonds is 7. The first kappa shape index (κ1) is 15.9. The summed E-state index contributed by atoms with van der Waals surface area (Å²) in [5.41, 5.74) is -0.0419. The van der Waals surface area contributed by atoms with Gasteiger partial charge in [0, 0.05) is 23.7 Å². The van der Waals surface area contributed by atoms with Gasteiger partial charge in [-0.2, -0.15) is 0 Å². The van der Waals surface area contributed by atoms with Gasteiger partial charge in [0.1, 0.15) is 0 Å². The number of hydrogen-bond acceptors (Lipinski definition) is 3. The summed E-state index contributed by atoms with van der Waals surface area (Å²) in [6, 6.07) is 1.67. The van der Waals surface area contributed by atoms with Crippen molar-refractivity contribution in [2.45, 2.75) is 84.0 Å². The second kappa shape index (κ2) is 6.88. The lowest BCUT2D eigenvalue weighted by Crippen LogP contribution is -2.51. The lowest BCUT2D eigenvalue weighted by atomic mass is 9.97. The minimum atomic E-state index is -0.0419. The zero-order valence-corrected chi connectivity index (χ0v) is 12.9. The topological polar surface area (TPSA) is 35.5 Å². The molecule has 0 radical (unpaired) electrons. The minimum Gasteiger partial charge on any atom is -0.394 e. The predicted molar refractivity (Wildman–Crippen MR) is 77.9 cm³/mol. The van der Waals surface area contributed by atoms with Crippen LogP contribution >= 0.6 is 0 Å². The third-order valence-electron chi connectivity index (χ3n) is 4.09. The molecule has 0 bridgehead atoms. The summed E-state index contributed by atoms with van der Waals surface area (Å²) < 4.78 is 0. The Morgan fingerprint density at radius 2 is 2.00 bits per heavy atom. The van der Waals surface area contributed by atoms with Crippen molar-refractivity contribution in [3.05, 3.63) is 0 Å². The first-order valence-electron chi connectivity index (χ1n) is 7.58. The molecule has 0 spiro atoms. The Bertz CT molecular complexity index is 243. The standard InChI is InChI=1S/C15H32N2O/c1-6-9-17(13(4)5)14-7-8-15(10-14,11-18)16-12(2)3/h12-14,16,18H,6-11H2,1-5H3. The molecule has 0 heterocycles. The smallest absolute Gasteiger partial charge is 0.0614 e. The highest BCUT2D eigenvalue weighted by molar-refractivity contribution is 5.00. The molecule has 18 heavy (non-hydrogen) atoms. The van der Waals surface area contributed by atoms with Crippen LogP contribution in [-0.4, -0.2) is 46.8 Å². The lowest BCUT2D eigenvalue weighted by molar-refractivity contribution is 0.120. The van der Waals surface area contributed by atoms with Crippen LogP contribution in [0.2, 0.25) is 0 Å². The molecule has 3 nitrogen and oxygen atoms in total. The first-order valence-corrected chi connectivity index (χ1v) is 7.58. The van der Waals surface area contributed by atoms with Crippen molar-refractivity contribution in [2.24, 2.45) is 0 Å². The molecule has 3 heteroatoms. The maximum Gasteiger partial charge on any atom is 0.0614 e. The summed E-state index contributed by atoms with van der Waals surface area (Å²) in [5, 5.41) is 13.3. The number of aliphatic hydroxyl groups is 1. The second-order valence-corrected chi connectivity index (χ2v) is 6.47. The molecule has 0 aromatic heterocycles. The fourth-order valence-corrected chi connectivity index (χ4v) is 3.43. The summed E-state index contributed by atoms with van der Waals surface area (Å²) in [5.74, 6) is 0. The Morgan fingerprint density at radius 3 is 2.44 bits per heavy atom. The third kappa shape index (κ3) is 3.94. The quantitative estimate of drug-likeness (QED) is 0.734. The van der Waals surface area contributed by atoms with Crippen molar-refractivity contribution in [1.82, 2.24) is 10.2 Å². The molecule has 2 atom stereocenters. The van der Waals surface area contributed by atoms with Gasteiger partial charge >= 0.3 is 0 Å². The first-order chi connectivity index (χ1) is 8.44. The van der Waals surface area contributed by atoms with Gasteiger partial charge in [-0.15, -0.1) is 0 Å². The van der Waals surface area contributed by atoms with Crippen molar-refractivity contribution in [3.8, 4) is 0 Å². The van der Waals surface area contributed by atoms with Crippen LogP contribution in [0.1, 0.15) is 60.3 Å². The van der Waals surface area contributed by atoms with Gasteiger partial charge in [-0.25, -0.2) is 0 Å². The van der Waals surface area contributed by atoms with Crippen molar-refractivity contribution in [3.63, 3.8) is 0 Å². The molecule has 1 aliphatic carbocycles. The van der Waals surface area contributed by atoms with E-state index in [0.717, 1.165) is 12.8 Å². The number of nitrogens with zero attached hydrogens (tertiary/aromatic N) is 1. The van der Waals surface area contributed by atoms with Gasteiger partial charge < -0.3 is 10.4 Å². The lowest BCUT2D eigenvalue weighted by Gasteiger charge is -2.35. The molecule has 108 valence electrons. The maximum absolute atomic E-state index is 9.75. The van der Waals surface area contributed by atoms with Crippen molar-refractivity contribution in [1.29, 1.82) is 0 Å². The molecule has 1 rings (SSSR count). The Morgan fingerprint density at radius 1 is 1.33 bits per heavy atom. The summed E-state index contributed by atoms with van der Waals surface area (Å²) >= 11 is 0. The number of hydrogen-bond donors (Lipinski definition) is 2. The number of aliphatic hydroxyl groups excluding tert-OH is 1. The fraction of sp³-hybridized carbons (Fsp3) is 1.00. The van der Waals surface area contributed by atoms with Crippen LogP contribution in [0.15, 0.2) is 0 Å². The summed E-state index contributed by atoms with van der Waals surface area (Å²) in [6.45, 7) is 12.6. The molecule has 1 saturated carbocycles. The van der Waals surface area contributed by atoms with Crippen molar-refractivity contribution < 1.29 is 5.11 Å². The van der Waals surface area contributed by atoms with Gasteiger partial charge in [-0.1, -0.05) is 20.8 Å². The Labute approximate surface area is 113 Å². The highest BCUT2D eigenvalue weighted by Crippen LogP contribution is 2.34. The molecule has 0 aliphatic heterocycles. The van der Waals surface area contributed by atoms with Crippen LogP contribution in [0.4, 0.5) is 0 Å². The molecular weight excluding hydrogens is 224 g/mol. The fourth-order valence-electron chi connectivity index (χ4n) is 3.43. The third-order valence-corrected chi connectivity index (χ3v) is 4.09. The monoisotopic (exact) mass is 256 g/mol. The van der Waals surface area contributed by atoms with E-state index >= 15 is 0 Å². The molecule has 0 amide bonds. The van der Waals surface area contributed by atoms with E-state index in [1.165, 1.54) is 19.4 Å². The van der Waals surface area contributed by atoms with E-state index in [1.54, 1.807) is 0 Å². The van der Waals surface area contributed by atoms with E-state index in [-0.39, 0.29) is 12.1 Å². The van der Waals surface area contributed by atoms with E-state index < -0.39 is 0 Å². The molecular formula is C15H32N2O. The normalized spacial score (nSPS) is 28.8. The van der Waals surface area contributed by atoms with Crippen LogP contribution in [0.25, 0.3) is 0 Å². The Kier molecular flexibility index (Phi) is 6.09. The molecule has 1 aliphatic rings. The van der Waals surface area contributed by atoms with E-state index in [9.17, 15) is 5.11 Å². The number of nitrogens with one attached hydrogen (secondary N) is 1. The Balaban J connectivity index is 2.66. The van der Waals surface area contributed by atoms with E-state index in [2.05, 4.69) is 44.8 Å². The van der Waals surface area contributed by atoms with Crippen molar-refractivity contribution in [2.75, 3.05) is 13.2 Å². The molecule has 0 aromatic rings. The molecule has 2 unspecified atom stereocenters. The van der Waals surface area contributed by atoms with Crippen LogP contribution in [0.3, 0.4) is 0 Å². The highest BCUT2D eigenvalue weighted by atomic mass is 16.3. The molecule has 1 fully saturated rings. The average molecular weight is 256 g/mol. The van der Waals surface area contributed by atoms with Crippen LogP contribution in [0, 0.1) is 0 Å². The SMILES string of the molecule is CCCN(C(C)C)C1CCC(CO)(NC(C)C)C1. The van der Waals surface area contributed by atoms with E-state index in [1.807, 2.05) is 0 Å². The maximum atomic E-state index is 9.75. The summed E-state index contributed by atoms with van der Waals surface area (Å²) in [6.07, 6.45) is 4.59. The van der Waals surface area contributed by atoms with Gasteiger partial charge in [0.25, 0.3) is 0 Å². The van der Waals surface area contributed by atoms with Crippen molar-refractivity contribution >= 4 is 0 Å². The largest absolute Gasteiger partial charge is 0.394 e. The molecule has 2 N–H and O–H groups in total. The zero-order valence-electron chi connectivity index (χ0n) is 12.9. The molecule has 0 saturated heterocycles. The van der Waals surface area contributed by atoms with Crippen LogP contribution < -0.4 is 5.32 Å². The Hall–Kier alpha value is -0.120. The van der Waals surface area contributed by atoms with Gasteiger partial charge in [-0.3, -0.25) is 4.90 Å². The summed E-state index contributed by atoms with van der Waals surface area (Å²) in [4.78, 5) is 2.61. The molecule has 0 aromatic carbocycles. The predicted octanol–water partition coefficient (Wildman–Crippen LogP) is 2.39. The van der Waals surface area contributed by atoms with Gasteiger partial charge in [0.2, 0.25) is 0 Å². The minimum absolute atomic E-state index is 0.0419. The second-order valence-electron chi connectivity index (χ2n) is 6.47. The van der Waals surface area contributed by atoms with Crippen LogP contribution in [-0.2, 0) is 0 Å². The van der Waals surface area contributed by atoms with Gasteiger partial charge in [0.15, 0.2) is 0 Å². The van der Waals surface area contributed by atoms with Gasteiger partial charge in [-0.05, 0) is 46.1 Å². The highest BCUT2D eigenvalue weighted by Gasteiger charge is 2.41.